The lowest BCUT2D eigenvalue weighted by atomic mass is 10.1. The minimum atomic E-state index is -0.260. The number of aliphatic hydroxyl groups is 1. The van der Waals surface area contributed by atoms with E-state index in [1.54, 1.807) is 13.0 Å². The zero-order chi connectivity index (χ0) is 13.1. The van der Waals surface area contributed by atoms with Crippen molar-refractivity contribution in [3.05, 3.63) is 41.6 Å². The molecule has 0 aliphatic heterocycles. The van der Waals surface area contributed by atoms with Gasteiger partial charge in [0.15, 0.2) is 0 Å². The molecule has 0 bridgehead atoms. The first-order chi connectivity index (χ1) is 8.61. The van der Waals surface area contributed by atoms with Gasteiger partial charge in [0, 0.05) is 17.1 Å². The molecular weight excluding hydrogens is 228 g/mol. The average Bonchev–Trinajstić information content (AvgIpc) is 2.37. The predicted molar refractivity (Wildman–Crippen MR) is 70.5 cm³/mol. The molecule has 1 atom stereocenters. The number of aromatic nitrogens is 1. The molecule has 0 aliphatic rings. The van der Waals surface area contributed by atoms with Crippen LogP contribution in [0.15, 0.2) is 30.3 Å². The number of fused-ring (bicyclic) bond motifs is 1. The Morgan fingerprint density at radius 1 is 1.44 bits per heavy atom. The predicted octanol–water partition coefficient (Wildman–Crippen LogP) is 1.65. The summed E-state index contributed by atoms with van der Waals surface area (Å²) >= 11 is 0. The summed E-state index contributed by atoms with van der Waals surface area (Å²) < 4.78 is 0. The molecule has 0 unspecified atom stereocenters. The Balaban J connectivity index is 2.46. The van der Waals surface area contributed by atoms with Crippen LogP contribution < -0.4 is 5.32 Å². The van der Waals surface area contributed by atoms with Crippen LogP contribution in [-0.2, 0) is 0 Å². The Hall–Kier alpha value is -1.94. The number of carbonyl (C=O) groups is 1. The average molecular weight is 244 g/mol. The zero-order valence-corrected chi connectivity index (χ0v) is 10.5. The number of pyridine rings is 1. The summed E-state index contributed by atoms with van der Waals surface area (Å²) in [6.45, 7) is 3.54. The molecule has 18 heavy (non-hydrogen) atoms. The molecule has 1 aromatic heterocycles. The molecule has 0 fully saturated rings. The maximum atomic E-state index is 12.1. The number of benzene rings is 1. The second-order valence-corrected chi connectivity index (χ2v) is 4.39. The molecule has 1 heterocycles. The van der Waals surface area contributed by atoms with Crippen molar-refractivity contribution in [1.29, 1.82) is 0 Å². The molecule has 94 valence electrons. The van der Waals surface area contributed by atoms with Crippen LogP contribution in [0.25, 0.3) is 10.9 Å². The monoisotopic (exact) mass is 244 g/mol. The molecule has 0 radical (unpaired) electrons. The molecule has 1 aromatic carbocycles. The molecule has 0 aliphatic carbocycles. The van der Waals surface area contributed by atoms with Crippen molar-refractivity contribution in [2.24, 2.45) is 0 Å². The highest BCUT2D eigenvalue weighted by molar-refractivity contribution is 6.06. The lowest BCUT2D eigenvalue weighted by Crippen LogP contribution is -2.35. The fourth-order valence-corrected chi connectivity index (χ4v) is 1.84. The van der Waals surface area contributed by atoms with Crippen LogP contribution in [0.1, 0.15) is 23.0 Å². The van der Waals surface area contributed by atoms with Crippen molar-refractivity contribution in [3.63, 3.8) is 0 Å². The first-order valence-corrected chi connectivity index (χ1v) is 5.90. The van der Waals surface area contributed by atoms with Crippen molar-refractivity contribution >= 4 is 16.8 Å². The summed E-state index contributed by atoms with van der Waals surface area (Å²) in [6, 6.07) is 9.04. The van der Waals surface area contributed by atoms with Gasteiger partial charge in [-0.3, -0.25) is 9.78 Å². The van der Waals surface area contributed by atoms with Gasteiger partial charge in [0.05, 0.1) is 17.7 Å². The second-order valence-electron chi connectivity index (χ2n) is 4.39. The highest BCUT2D eigenvalue weighted by atomic mass is 16.3. The Morgan fingerprint density at radius 2 is 2.17 bits per heavy atom. The quantitative estimate of drug-likeness (QED) is 0.863. The number of aryl methyl sites for hydroxylation is 1. The summed E-state index contributed by atoms with van der Waals surface area (Å²) in [5, 5.41) is 12.5. The third kappa shape index (κ3) is 2.49. The van der Waals surface area contributed by atoms with E-state index in [1.165, 1.54) is 0 Å². The van der Waals surface area contributed by atoms with Crippen LogP contribution in [-0.4, -0.2) is 28.6 Å². The molecule has 0 saturated heterocycles. The van der Waals surface area contributed by atoms with Gasteiger partial charge < -0.3 is 10.4 Å². The molecule has 1 amide bonds. The lowest BCUT2D eigenvalue weighted by Gasteiger charge is -2.12. The Morgan fingerprint density at radius 3 is 2.89 bits per heavy atom. The van der Waals surface area contributed by atoms with E-state index in [-0.39, 0.29) is 18.6 Å². The molecule has 2 N–H and O–H groups in total. The normalized spacial score (nSPS) is 12.4. The van der Waals surface area contributed by atoms with Gasteiger partial charge >= 0.3 is 0 Å². The summed E-state index contributed by atoms with van der Waals surface area (Å²) in [5.74, 6) is -0.182. The van der Waals surface area contributed by atoms with E-state index in [1.807, 2.05) is 31.2 Å². The third-order valence-electron chi connectivity index (χ3n) is 2.74. The van der Waals surface area contributed by atoms with E-state index >= 15 is 0 Å². The van der Waals surface area contributed by atoms with Crippen molar-refractivity contribution in [1.82, 2.24) is 10.3 Å². The number of rotatable bonds is 3. The minimum absolute atomic E-state index is 0.0757. The van der Waals surface area contributed by atoms with Gasteiger partial charge in [-0.25, -0.2) is 0 Å². The summed E-state index contributed by atoms with van der Waals surface area (Å²) in [4.78, 5) is 16.5. The van der Waals surface area contributed by atoms with E-state index in [2.05, 4.69) is 10.3 Å². The molecule has 0 saturated carbocycles. The first-order valence-electron chi connectivity index (χ1n) is 5.90. The van der Waals surface area contributed by atoms with Gasteiger partial charge in [0.2, 0.25) is 0 Å². The van der Waals surface area contributed by atoms with Gasteiger partial charge in [0.25, 0.3) is 5.91 Å². The van der Waals surface area contributed by atoms with E-state index in [0.29, 0.717) is 5.56 Å². The fourth-order valence-electron chi connectivity index (χ4n) is 1.84. The van der Waals surface area contributed by atoms with Crippen molar-refractivity contribution < 1.29 is 9.90 Å². The highest BCUT2D eigenvalue weighted by Crippen LogP contribution is 2.18. The molecule has 4 heteroatoms. The molecule has 2 rings (SSSR count). The summed E-state index contributed by atoms with van der Waals surface area (Å²) in [5.41, 5.74) is 2.20. The van der Waals surface area contributed by atoms with Crippen LogP contribution in [0.4, 0.5) is 0 Å². The van der Waals surface area contributed by atoms with Gasteiger partial charge in [0.1, 0.15) is 0 Å². The number of amides is 1. The lowest BCUT2D eigenvalue weighted by molar-refractivity contribution is 0.0924. The largest absolute Gasteiger partial charge is 0.394 e. The second kappa shape index (κ2) is 5.14. The highest BCUT2D eigenvalue weighted by Gasteiger charge is 2.13. The number of carbonyl (C=O) groups excluding carboxylic acids is 1. The number of aliphatic hydroxyl groups excluding tert-OH is 1. The zero-order valence-electron chi connectivity index (χ0n) is 10.5. The topological polar surface area (TPSA) is 62.2 Å². The molecule has 0 spiro atoms. The molecule has 2 aromatic rings. The Kier molecular flexibility index (Phi) is 3.58. The van der Waals surface area contributed by atoms with Gasteiger partial charge in [-0.1, -0.05) is 18.2 Å². The maximum Gasteiger partial charge on any atom is 0.252 e. The molecular formula is C14H16N2O2. The number of nitrogens with zero attached hydrogens (tertiary/aromatic N) is 1. The van der Waals surface area contributed by atoms with Crippen molar-refractivity contribution in [2.75, 3.05) is 6.61 Å². The number of hydrogen-bond donors (Lipinski definition) is 2. The van der Waals surface area contributed by atoms with E-state index in [9.17, 15) is 4.79 Å². The standard InChI is InChI=1S/C14H16N2O2/c1-9-7-12(14(18)16-10(2)8-17)11-5-3-4-6-13(11)15-9/h3-7,10,17H,8H2,1-2H3,(H,16,18)/t10-/m1/s1. The number of para-hydroxylation sites is 1. The smallest absolute Gasteiger partial charge is 0.252 e. The Bertz CT molecular complexity index is 581. The number of hydrogen-bond acceptors (Lipinski definition) is 3. The minimum Gasteiger partial charge on any atom is -0.394 e. The summed E-state index contributed by atoms with van der Waals surface area (Å²) in [6.07, 6.45) is 0. The van der Waals surface area contributed by atoms with Gasteiger partial charge in [-0.15, -0.1) is 0 Å². The van der Waals surface area contributed by atoms with E-state index in [4.69, 9.17) is 5.11 Å². The van der Waals surface area contributed by atoms with Crippen LogP contribution >= 0.6 is 0 Å². The Labute approximate surface area is 106 Å². The first kappa shape index (κ1) is 12.5. The molecule has 4 nitrogen and oxygen atoms in total. The third-order valence-corrected chi connectivity index (χ3v) is 2.74. The SMILES string of the molecule is Cc1cc(C(=O)N[C@H](C)CO)c2ccccc2n1. The fraction of sp³-hybridized carbons (Fsp3) is 0.286. The maximum absolute atomic E-state index is 12.1. The van der Waals surface area contributed by atoms with Crippen LogP contribution in [0.5, 0.6) is 0 Å². The van der Waals surface area contributed by atoms with E-state index in [0.717, 1.165) is 16.6 Å². The van der Waals surface area contributed by atoms with Crippen molar-refractivity contribution in [2.45, 2.75) is 19.9 Å². The van der Waals surface area contributed by atoms with E-state index < -0.39 is 0 Å². The van der Waals surface area contributed by atoms with Gasteiger partial charge in [-0.2, -0.15) is 0 Å². The number of nitrogens with one attached hydrogen (secondary N) is 1. The van der Waals surface area contributed by atoms with Crippen LogP contribution in [0, 0.1) is 6.92 Å². The van der Waals surface area contributed by atoms with Gasteiger partial charge in [-0.05, 0) is 26.0 Å². The van der Waals surface area contributed by atoms with Crippen molar-refractivity contribution in [3.8, 4) is 0 Å². The van der Waals surface area contributed by atoms with Crippen LogP contribution in [0.2, 0.25) is 0 Å². The van der Waals surface area contributed by atoms with Crippen LogP contribution in [0.3, 0.4) is 0 Å². The summed E-state index contributed by atoms with van der Waals surface area (Å²) in [7, 11) is 0.